The van der Waals surface area contributed by atoms with Crippen LogP contribution in [-0.2, 0) is 11.2 Å². The van der Waals surface area contributed by atoms with Crippen LogP contribution in [0.3, 0.4) is 0 Å². The number of rotatable bonds is 7. The predicted molar refractivity (Wildman–Crippen MR) is 78.8 cm³/mol. The van der Waals surface area contributed by atoms with Gasteiger partial charge in [0.2, 0.25) is 5.82 Å². The first-order valence-electron chi connectivity index (χ1n) is 6.69. The molecule has 2 aromatic rings. The monoisotopic (exact) mass is 292 g/mol. The highest BCUT2D eigenvalue weighted by Crippen LogP contribution is 2.14. The van der Waals surface area contributed by atoms with E-state index >= 15 is 0 Å². The molecule has 0 spiro atoms. The number of nitrogens with zero attached hydrogens (tertiary/aromatic N) is 3. The quantitative estimate of drug-likeness (QED) is 0.507. The van der Waals surface area contributed by atoms with E-state index < -0.39 is 0 Å². The van der Waals surface area contributed by atoms with Crippen molar-refractivity contribution in [1.29, 1.82) is 0 Å². The van der Waals surface area contributed by atoms with Gasteiger partial charge in [0.1, 0.15) is 5.82 Å². The van der Waals surface area contributed by atoms with Gasteiger partial charge in [-0.25, -0.2) is 4.98 Å². The van der Waals surface area contributed by atoms with Gasteiger partial charge < -0.3 is 20.2 Å². The van der Waals surface area contributed by atoms with Crippen molar-refractivity contribution in [2.75, 3.05) is 20.3 Å². The maximum atomic E-state index is 5.77. The Morgan fingerprint density at radius 1 is 1.62 bits per heavy atom. The fourth-order valence-corrected chi connectivity index (χ4v) is 1.80. The molecular formula is C13H20N6O2. The van der Waals surface area contributed by atoms with Crippen LogP contribution >= 0.6 is 0 Å². The van der Waals surface area contributed by atoms with Crippen molar-refractivity contribution in [2.24, 2.45) is 10.7 Å². The molecule has 4 N–H and O–H groups in total. The summed E-state index contributed by atoms with van der Waals surface area (Å²) in [7, 11) is 1.64. The number of aliphatic imine (C=N–C) groups is 1. The summed E-state index contributed by atoms with van der Waals surface area (Å²) in [5.74, 6) is 2.31. The number of hydrogen-bond donors (Lipinski definition) is 3. The molecule has 1 atom stereocenters. The minimum Gasteiger partial charge on any atom is -0.461 e. The van der Waals surface area contributed by atoms with E-state index in [0.29, 0.717) is 37.1 Å². The van der Waals surface area contributed by atoms with E-state index in [1.807, 2.05) is 13.0 Å². The topological polar surface area (TPSA) is 114 Å². The Bertz CT molecular complexity index is 563. The summed E-state index contributed by atoms with van der Waals surface area (Å²) in [6, 6.07) is 3.72. The predicted octanol–water partition coefficient (Wildman–Crippen LogP) is 0.546. The fraction of sp³-hybridized carbons (Fsp3) is 0.462. The lowest BCUT2D eigenvalue weighted by Gasteiger charge is -2.12. The van der Waals surface area contributed by atoms with E-state index in [9.17, 15) is 0 Å². The summed E-state index contributed by atoms with van der Waals surface area (Å²) in [6.07, 6.45) is 2.21. The van der Waals surface area contributed by atoms with Crippen molar-refractivity contribution in [3.8, 4) is 11.6 Å². The molecule has 0 bridgehead atoms. The molecule has 0 aromatic carbocycles. The molecule has 21 heavy (non-hydrogen) atoms. The van der Waals surface area contributed by atoms with Crippen LogP contribution in [0.5, 0.6) is 0 Å². The summed E-state index contributed by atoms with van der Waals surface area (Å²) < 4.78 is 10.2. The summed E-state index contributed by atoms with van der Waals surface area (Å²) in [5, 5.41) is 9.98. The molecule has 0 radical (unpaired) electrons. The lowest BCUT2D eigenvalue weighted by Crippen LogP contribution is -2.40. The standard InChI is InChI=1S/C13H20N6O2/c1-9(8-20-2)16-13(14)15-6-5-11-17-12(19-18-11)10-4-3-7-21-10/h3-4,7,9H,5-6,8H2,1-2H3,(H3,14,15,16)(H,17,18,19). The second-order valence-electron chi connectivity index (χ2n) is 4.60. The van der Waals surface area contributed by atoms with Gasteiger partial charge in [0.15, 0.2) is 11.7 Å². The zero-order chi connectivity index (χ0) is 15.1. The average molecular weight is 292 g/mol. The Balaban J connectivity index is 1.80. The Kier molecular flexibility index (Phi) is 5.33. The van der Waals surface area contributed by atoms with Gasteiger partial charge in [0, 0.05) is 26.1 Å². The van der Waals surface area contributed by atoms with Gasteiger partial charge in [-0.1, -0.05) is 0 Å². The van der Waals surface area contributed by atoms with Crippen LogP contribution in [0, 0.1) is 0 Å². The minimum absolute atomic E-state index is 0.120. The Morgan fingerprint density at radius 2 is 2.48 bits per heavy atom. The molecule has 2 heterocycles. The van der Waals surface area contributed by atoms with Crippen LogP contribution in [0.1, 0.15) is 12.7 Å². The number of guanidine groups is 1. The number of aromatic amines is 1. The number of ether oxygens (including phenoxy) is 1. The first kappa shape index (κ1) is 15.0. The van der Waals surface area contributed by atoms with E-state index in [4.69, 9.17) is 14.9 Å². The molecule has 0 fully saturated rings. The van der Waals surface area contributed by atoms with Crippen molar-refractivity contribution in [1.82, 2.24) is 20.5 Å². The molecule has 2 rings (SSSR count). The zero-order valence-corrected chi connectivity index (χ0v) is 12.2. The van der Waals surface area contributed by atoms with Gasteiger partial charge in [0.05, 0.1) is 12.9 Å². The lowest BCUT2D eigenvalue weighted by molar-refractivity contribution is 0.179. The fourth-order valence-electron chi connectivity index (χ4n) is 1.80. The van der Waals surface area contributed by atoms with Crippen LogP contribution in [0.4, 0.5) is 0 Å². The summed E-state index contributed by atoms with van der Waals surface area (Å²) >= 11 is 0. The average Bonchev–Trinajstić information content (AvgIpc) is 3.09. The highest BCUT2D eigenvalue weighted by molar-refractivity contribution is 5.78. The molecule has 0 aliphatic carbocycles. The smallest absolute Gasteiger partial charge is 0.216 e. The molecule has 0 amide bonds. The van der Waals surface area contributed by atoms with E-state index in [1.54, 1.807) is 19.4 Å². The van der Waals surface area contributed by atoms with Crippen LogP contribution in [0.25, 0.3) is 11.6 Å². The third kappa shape index (κ3) is 4.60. The molecule has 0 saturated heterocycles. The molecule has 0 aliphatic heterocycles. The Hall–Kier alpha value is -2.35. The van der Waals surface area contributed by atoms with Gasteiger partial charge >= 0.3 is 0 Å². The first-order valence-corrected chi connectivity index (χ1v) is 6.69. The largest absolute Gasteiger partial charge is 0.461 e. The van der Waals surface area contributed by atoms with Crippen LogP contribution in [0.2, 0.25) is 0 Å². The third-order valence-electron chi connectivity index (χ3n) is 2.71. The third-order valence-corrected chi connectivity index (χ3v) is 2.71. The molecule has 1 unspecified atom stereocenters. The Morgan fingerprint density at radius 3 is 3.19 bits per heavy atom. The van der Waals surface area contributed by atoms with Crippen molar-refractivity contribution >= 4 is 5.96 Å². The van der Waals surface area contributed by atoms with Crippen molar-refractivity contribution < 1.29 is 9.15 Å². The maximum Gasteiger partial charge on any atom is 0.216 e. The van der Waals surface area contributed by atoms with Gasteiger partial charge in [-0.15, -0.1) is 0 Å². The number of furan rings is 1. The van der Waals surface area contributed by atoms with Gasteiger partial charge in [0.25, 0.3) is 0 Å². The second kappa shape index (κ2) is 7.44. The highest BCUT2D eigenvalue weighted by atomic mass is 16.5. The first-order chi connectivity index (χ1) is 10.2. The molecule has 8 heteroatoms. The Labute approximate surface area is 122 Å². The van der Waals surface area contributed by atoms with Crippen LogP contribution < -0.4 is 11.1 Å². The molecule has 0 saturated carbocycles. The van der Waals surface area contributed by atoms with Crippen LogP contribution in [-0.4, -0.2) is 47.4 Å². The van der Waals surface area contributed by atoms with Gasteiger partial charge in [-0.3, -0.25) is 10.1 Å². The lowest BCUT2D eigenvalue weighted by atomic mass is 10.4. The van der Waals surface area contributed by atoms with Crippen molar-refractivity contribution in [3.63, 3.8) is 0 Å². The maximum absolute atomic E-state index is 5.77. The van der Waals surface area contributed by atoms with E-state index in [0.717, 1.165) is 5.82 Å². The molecule has 0 aliphatic rings. The molecular weight excluding hydrogens is 272 g/mol. The SMILES string of the molecule is COCC(C)NC(N)=NCCc1nc(-c2ccco2)n[nH]1. The molecule has 8 nitrogen and oxygen atoms in total. The summed E-state index contributed by atoms with van der Waals surface area (Å²) in [6.45, 7) is 3.06. The van der Waals surface area contributed by atoms with E-state index in [2.05, 4.69) is 25.5 Å². The number of nitrogens with one attached hydrogen (secondary N) is 2. The van der Waals surface area contributed by atoms with Gasteiger partial charge in [-0.2, -0.15) is 5.10 Å². The molecule has 2 aromatic heterocycles. The summed E-state index contributed by atoms with van der Waals surface area (Å²) in [5.41, 5.74) is 5.77. The van der Waals surface area contributed by atoms with E-state index in [1.165, 1.54) is 0 Å². The summed E-state index contributed by atoms with van der Waals surface area (Å²) in [4.78, 5) is 8.56. The molecule has 114 valence electrons. The van der Waals surface area contributed by atoms with Gasteiger partial charge in [-0.05, 0) is 19.1 Å². The second-order valence-corrected chi connectivity index (χ2v) is 4.60. The zero-order valence-electron chi connectivity index (χ0n) is 12.2. The normalized spacial score (nSPS) is 13.3. The number of aromatic nitrogens is 3. The van der Waals surface area contributed by atoms with E-state index in [-0.39, 0.29) is 6.04 Å². The number of H-pyrrole nitrogens is 1. The number of nitrogens with two attached hydrogens (primary N) is 1. The highest BCUT2D eigenvalue weighted by Gasteiger charge is 2.08. The van der Waals surface area contributed by atoms with Crippen LogP contribution in [0.15, 0.2) is 27.8 Å². The minimum atomic E-state index is 0.120. The number of hydrogen-bond acceptors (Lipinski definition) is 5. The van der Waals surface area contributed by atoms with Crippen molar-refractivity contribution in [3.05, 3.63) is 24.2 Å². The van der Waals surface area contributed by atoms with Crippen molar-refractivity contribution in [2.45, 2.75) is 19.4 Å². The number of methoxy groups -OCH3 is 1.